The number of allylic oxidation sites excluding steroid dienone is 4. The van der Waals surface area contributed by atoms with Crippen molar-refractivity contribution in [2.24, 2.45) is 11.8 Å². The molecule has 3 nitrogen and oxygen atoms in total. The molecule has 1 aliphatic rings. The van der Waals surface area contributed by atoms with E-state index in [1.165, 1.54) is 77.0 Å². The molecule has 0 fully saturated rings. The van der Waals surface area contributed by atoms with Gasteiger partial charge in [0.2, 0.25) is 7.59 Å². The van der Waals surface area contributed by atoms with Crippen LogP contribution in [-0.4, -0.2) is 19.8 Å². The van der Waals surface area contributed by atoms with Crippen LogP contribution in [0.25, 0.3) is 5.57 Å². The number of hydrogen-bond acceptors (Lipinski definition) is 4. The molecular formula is C29H41Cl6N3S. The molecule has 1 aromatic heterocycles. The van der Waals surface area contributed by atoms with Gasteiger partial charge < -0.3 is 0 Å². The molecule has 0 aliphatic heterocycles. The Morgan fingerprint density at radius 2 is 1.18 bits per heavy atom. The first-order valence-corrected chi connectivity index (χ1v) is 17.0. The van der Waals surface area contributed by atoms with E-state index in [4.69, 9.17) is 81.8 Å². The molecule has 0 bridgehead atoms. The van der Waals surface area contributed by atoms with Gasteiger partial charge in [-0.3, -0.25) is 0 Å². The van der Waals surface area contributed by atoms with E-state index in [0.717, 1.165) is 24.1 Å². The van der Waals surface area contributed by atoms with Crippen molar-refractivity contribution in [3.05, 3.63) is 35.7 Å². The largest absolute Gasteiger partial charge is 0.250 e. The van der Waals surface area contributed by atoms with E-state index in [-0.39, 0.29) is 23.4 Å². The van der Waals surface area contributed by atoms with Gasteiger partial charge in [0.05, 0.1) is 0 Å². The Balaban J connectivity index is 1.95. The highest BCUT2D eigenvalue weighted by atomic mass is 35.6. The van der Waals surface area contributed by atoms with Crippen molar-refractivity contribution >= 4 is 92.3 Å². The summed E-state index contributed by atoms with van der Waals surface area (Å²) in [5.74, 6) is 0.544. The highest BCUT2D eigenvalue weighted by Gasteiger charge is 2.36. The lowest BCUT2D eigenvalue weighted by molar-refractivity contribution is 0.385. The van der Waals surface area contributed by atoms with Gasteiger partial charge in [-0.15, -0.1) is 0 Å². The van der Waals surface area contributed by atoms with Crippen molar-refractivity contribution in [1.29, 1.82) is 0 Å². The van der Waals surface area contributed by atoms with Crippen molar-refractivity contribution in [1.82, 2.24) is 15.0 Å². The van der Waals surface area contributed by atoms with Crippen LogP contribution in [0.1, 0.15) is 128 Å². The second kappa shape index (κ2) is 18.1. The lowest BCUT2D eigenvalue weighted by Crippen LogP contribution is -2.26. The highest BCUT2D eigenvalue weighted by Crippen LogP contribution is 2.41. The summed E-state index contributed by atoms with van der Waals surface area (Å²) >= 11 is 42.4. The summed E-state index contributed by atoms with van der Waals surface area (Å²) in [5, 5.41) is 0. The second-order valence-corrected chi connectivity index (χ2v) is 15.4. The quantitative estimate of drug-likeness (QED) is 0.0935. The van der Waals surface area contributed by atoms with Gasteiger partial charge in [-0.25, -0.2) is 15.0 Å². The molecule has 0 amide bonds. The minimum Gasteiger partial charge on any atom is -0.209 e. The fourth-order valence-corrected chi connectivity index (χ4v) is 5.99. The van der Waals surface area contributed by atoms with Gasteiger partial charge in [0, 0.05) is 16.4 Å². The summed E-state index contributed by atoms with van der Waals surface area (Å²) < 4.78 is -3.82. The van der Waals surface area contributed by atoms with Crippen molar-refractivity contribution in [3.8, 4) is 0 Å². The minimum atomic E-state index is -1.91. The normalized spacial score (nSPS) is 17.0. The fraction of sp³-hybridized carbons (Fsp3) is 0.724. The summed E-state index contributed by atoms with van der Waals surface area (Å²) in [6.07, 6.45) is 25.5. The van der Waals surface area contributed by atoms with Gasteiger partial charge in [-0.2, -0.15) is 0 Å². The molecule has 39 heavy (non-hydrogen) atoms. The van der Waals surface area contributed by atoms with Crippen LogP contribution >= 0.6 is 81.8 Å². The molecule has 0 spiro atoms. The third kappa shape index (κ3) is 12.6. The lowest BCUT2D eigenvalue weighted by Gasteiger charge is -2.28. The molecule has 10 heteroatoms. The SMILES string of the molecule is CCCCCCCCCCCCCCC(CCC)C1C=CC=C(c2nc(C(Cl)(Cl)Cl)nc(C(Cl)(Cl)Cl)n2)C1=S. The van der Waals surface area contributed by atoms with Crippen LogP contribution < -0.4 is 0 Å². The number of unbranched alkanes of at least 4 members (excludes halogenated alkanes) is 11. The van der Waals surface area contributed by atoms with Crippen LogP contribution in [0.3, 0.4) is 0 Å². The highest BCUT2D eigenvalue weighted by molar-refractivity contribution is 7.81. The smallest absolute Gasteiger partial charge is 0.209 e. The first kappa shape index (κ1) is 35.5. The van der Waals surface area contributed by atoms with Crippen LogP contribution in [0.15, 0.2) is 18.2 Å². The average molecular weight is 676 g/mol. The molecule has 2 rings (SSSR count). The summed E-state index contributed by atoms with van der Waals surface area (Å²) in [6.45, 7) is 4.49. The molecule has 0 saturated carbocycles. The number of hydrogen-bond donors (Lipinski definition) is 0. The average Bonchev–Trinajstić information content (AvgIpc) is 2.87. The number of rotatable bonds is 17. The van der Waals surface area contributed by atoms with E-state index in [1.807, 2.05) is 12.2 Å². The van der Waals surface area contributed by atoms with E-state index in [2.05, 4.69) is 34.9 Å². The van der Waals surface area contributed by atoms with Crippen molar-refractivity contribution < 1.29 is 0 Å². The molecule has 1 heterocycles. The van der Waals surface area contributed by atoms with E-state index in [1.54, 1.807) is 0 Å². The number of nitrogens with zero attached hydrogens (tertiary/aromatic N) is 3. The van der Waals surface area contributed by atoms with Crippen LogP contribution in [0, 0.1) is 11.8 Å². The van der Waals surface area contributed by atoms with E-state index in [9.17, 15) is 0 Å². The lowest BCUT2D eigenvalue weighted by atomic mass is 9.78. The first-order chi connectivity index (χ1) is 18.5. The standard InChI is InChI=1S/C29H41Cl6N3S/c1-3-5-6-7-8-9-10-11-12-13-14-15-18-21(17-4-2)22-19-16-20-23(24(22)39)25-36-26(28(30,31)32)38-27(37-25)29(33,34)35/h16,19-22H,3-15,17-18H2,1-2H3. The molecule has 2 unspecified atom stereocenters. The maximum atomic E-state index is 6.07. The number of thiocarbonyl (C=S) groups is 1. The molecule has 0 saturated heterocycles. The summed E-state index contributed by atoms with van der Waals surface area (Å²) in [6, 6.07) is 0. The van der Waals surface area contributed by atoms with E-state index < -0.39 is 7.59 Å². The summed E-state index contributed by atoms with van der Waals surface area (Å²) in [4.78, 5) is 13.6. The Morgan fingerprint density at radius 1 is 0.692 bits per heavy atom. The fourth-order valence-electron chi connectivity index (χ4n) is 5.05. The van der Waals surface area contributed by atoms with Gasteiger partial charge in [0.25, 0.3) is 0 Å². The van der Waals surface area contributed by atoms with Crippen LogP contribution in [-0.2, 0) is 7.59 Å². The molecular weight excluding hydrogens is 635 g/mol. The number of aromatic nitrogens is 3. The molecule has 0 aromatic carbocycles. The number of alkyl halides is 6. The Labute approximate surface area is 270 Å². The molecule has 1 aromatic rings. The van der Waals surface area contributed by atoms with E-state index >= 15 is 0 Å². The molecule has 2 atom stereocenters. The van der Waals surface area contributed by atoms with Gasteiger partial charge >= 0.3 is 0 Å². The zero-order chi connectivity index (χ0) is 28.9. The predicted octanol–water partition coefficient (Wildman–Crippen LogP) is 12.0. The topological polar surface area (TPSA) is 38.7 Å². The molecule has 220 valence electrons. The summed E-state index contributed by atoms with van der Waals surface area (Å²) in [7, 11) is 0. The first-order valence-electron chi connectivity index (χ1n) is 14.3. The van der Waals surface area contributed by atoms with Crippen molar-refractivity contribution in [2.75, 3.05) is 0 Å². The summed E-state index contributed by atoms with van der Waals surface area (Å²) in [5.41, 5.74) is 0.668. The second-order valence-electron chi connectivity index (χ2n) is 10.4. The van der Waals surface area contributed by atoms with E-state index in [0.29, 0.717) is 11.5 Å². The Hall–Kier alpha value is 0.320. The monoisotopic (exact) mass is 673 g/mol. The minimum absolute atomic E-state index is 0.0943. The molecule has 0 N–H and O–H groups in total. The van der Waals surface area contributed by atoms with Crippen molar-refractivity contribution in [2.45, 2.75) is 118 Å². The van der Waals surface area contributed by atoms with Gasteiger partial charge in [0.15, 0.2) is 17.5 Å². The zero-order valence-electron chi connectivity index (χ0n) is 23.0. The third-order valence-electron chi connectivity index (χ3n) is 7.13. The van der Waals surface area contributed by atoms with Crippen LogP contribution in [0.5, 0.6) is 0 Å². The van der Waals surface area contributed by atoms with Crippen LogP contribution in [0.4, 0.5) is 0 Å². The van der Waals surface area contributed by atoms with Gasteiger partial charge in [-0.05, 0) is 18.8 Å². The van der Waals surface area contributed by atoms with Crippen LogP contribution in [0.2, 0.25) is 0 Å². The molecule has 1 aliphatic carbocycles. The molecule has 0 radical (unpaired) electrons. The maximum Gasteiger partial charge on any atom is 0.250 e. The van der Waals surface area contributed by atoms with Gasteiger partial charge in [0.1, 0.15) is 0 Å². The predicted molar refractivity (Wildman–Crippen MR) is 176 cm³/mol. The van der Waals surface area contributed by atoms with Gasteiger partial charge in [-0.1, -0.05) is 197 Å². The van der Waals surface area contributed by atoms with Crippen molar-refractivity contribution in [3.63, 3.8) is 0 Å². The zero-order valence-corrected chi connectivity index (χ0v) is 28.4. The number of halogens is 6. The Kier molecular flexibility index (Phi) is 16.5. The Bertz CT molecular complexity index is 923. The maximum absolute atomic E-state index is 6.07. The Morgan fingerprint density at radius 3 is 1.64 bits per heavy atom. The third-order valence-corrected chi connectivity index (χ3v) is 8.64.